The van der Waals surface area contributed by atoms with Crippen molar-refractivity contribution in [1.82, 2.24) is 9.80 Å². The standard InChI is InChI=1S/C20H20Cl2N4O4/c21-14-1-6-17(18(22)13-14)20(28)25-11-9-24(10-12-25)8-7-19(27)23-15-2-4-16(5-3-15)26(29)30/h1-6,13H,7-12H2,(H,23,27). The number of carbonyl (C=O) groups excluding carboxylic acids is 2. The minimum atomic E-state index is -0.489. The Hall–Kier alpha value is -2.68. The molecule has 1 fully saturated rings. The predicted molar refractivity (Wildman–Crippen MR) is 115 cm³/mol. The van der Waals surface area contributed by atoms with Crippen LogP contribution in [-0.2, 0) is 4.79 Å². The van der Waals surface area contributed by atoms with Gasteiger partial charge in [-0.05, 0) is 30.3 Å². The molecule has 1 saturated heterocycles. The number of rotatable bonds is 6. The summed E-state index contributed by atoms with van der Waals surface area (Å²) in [6, 6.07) is 10.5. The van der Waals surface area contributed by atoms with Gasteiger partial charge in [0, 0.05) is 62.0 Å². The van der Waals surface area contributed by atoms with Gasteiger partial charge in [0.25, 0.3) is 11.6 Å². The number of amides is 2. The Labute approximate surface area is 183 Å². The Balaban J connectivity index is 1.43. The van der Waals surface area contributed by atoms with Crippen molar-refractivity contribution in [3.63, 3.8) is 0 Å². The summed E-state index contributed by atoms with van der Waals surface area (Å²) in [6.45, 7) is 2.95. The fourth-order valence-electron chi connectivity index (χ4n) is 3.16. The number of anilines is 1. The largest absolute Gasteiger partial charge is 0.336 e. The number of benzene rings is 2. The van der Waals surface area contributed by atoms with E-state index in [1.807, 2.05) is 0 Å². The summed E-state index contributed by atoms with van der Waals surface area (Å²) in [5.74, 6) is -0.303. The Bertz CT molecular complexity index is 944. The van der Waals surface area contributed by atoms with Gasteiger partial charge in [0.1, 0.15) is 0 Å². The highest BCUT2D eigenvalue weighted by Crippen LogP contribution is 2.23. The summed E-state index contributed by atoms with van der Waals surface area (Å²) >= 11 is 12.0. The summed E-state index contributed by atoms with van der Waals surface area (Å²) in [5.41, 5.74) is 0.915. The zero-order chi connectivity index (χ0) is 21.7. The molecule has 0 aromatic heterocycles. The number of non-ortho nitro benzene ring substituents is 1. The number of nitrogens with one attached hydrogen (secondary N) is 1. The first kappa shape index (κ1) is 22.0. The van der Waals surface area contributed by atoms with Crippen molar-refractivity contribution < 1.29 is 14.5 Å². The number of nitro groups is 1. The maximum Gasteiger partial charge on any atom is 0.269 e. The molecule has 30 heavy (non-hydrogen) atoms. The van der Waals surface area contributed by atoms with E-state index >= 15 is 0 Å². The molecule has 3 rings (SSSR count). The zero-order valence-electron chi connectivity index (χ0n) is 16.0. The van der Waals surface area contributed by atoms with Crippen molar-refractivity contribution in [3.8, 4) is 0 Å². The lowest BCUT2D eigenvalue weighted by Gasteiger charge is -2.34. The number of nitrogens with zero attached hydrogens (tertiary/aromatic N) is 3. The minimum absolute atomic E-state index is 0.0275. The fraction of sp³-hybridized carbons (Fsp3) is 0.300. The van der Waals surface area contributed by atoms with E-state index in [0.29, 0.717) is 54.0 Å². The molecule has 10 heteroatoms. The quantitative estimate of drug-likeness (QED) is 0.534. The van der Waals surface area contributed by atoms with Crippen molar-refractivity contribution in [3.05, 3.63) is 68.2 Å². The summed E-state index contributed by atoms with van der Waals surface area (Å²) in [5, 5.41) is 14.2. The van der Waals surface area contributed by atoms with Crippen LogP contribution >= 0.6 is 23.2 Å². The van der Waals surface area contributed by atoms with Crippen molar-refractivity contribution in [2.45, 2.75) is 6.42 Å². The third-order valence-corrected chi connectivity index (χ3v) is 5.39. The van der Waals surface area contributed by atoms with E-state index in [0.717, 1.165) is 0 Å². The van der Waals surface area contributed by atoms with Crippen molar-refractivity contribution in [1.29, 1.82) is 0 Å². The highest BCUT2D eigenvalue weighted by molar-refractivity contribution is 6.36. The smallest absolute Gasteiger partial charge is 0.269 e. The maximum absolute atomic E-state index is 12.6. The Morgan fingerprint density at radius 3 is 2.30 bits per heavy atom. The molecule has 2 aromatic carbocycles. The van der Waals surface area contributed by atoms with Crippen LogP contribution < -0.4 is 5.32 Å². The molecule has 0 bridgehead atoms. The number of nitro benzene ring substituents is 1. The normalized spacial score (nSPS) is 14.4. The molecule has 2 aromatic rings. The molecule has 0 radical (unpaired) electrons. The molecule has 0 spiro atoms. The van der Waals surface area contributed by atoms with Crippen molar-refractivity contribution in [2.75, 3.05) is 38.0 Å². The Morgan fingerprint density at radius 2 is 1.70 bits per heavy atom. The summed E-state index contributed by atoms with van der Waals surface area (Å²) < 4.78 is 0. The molecular formula is C20H20Cl2N4O4. The summed E-state index contributed by atoms with van der Waals surface area (Å²) in [4.78, 5) is 38.8. The van der Waals surface area contributed by atoms with E-state index in [1.165, 1.54) is 24.3 Å². The summed E-state index contributed by atoms with van der Waals surface area (Å²) in [7, 11) is 0. The third kappa shape index (κ3) is 5.69. The van der Waals surface area contributed by atoms with Gasteiger partial charge < -0.3 is 10.2 Å². The van der Waals surface area contributed by atoms with E-state index in [1.54, 1.807) is 23.1 Å². The third-order valence-electron chi connectivity index (χ3n) is 4.84. The molecule has 1 aliphatic heterocycles. The molecular weight excluding hydrogens is 431 g/mol. The van der Waals surface area contributed by atoms with Crippen LogP contribution in [0.5, 0.6) is 0 Å². The number of hydrogen-bond acceptors (Lipinski definition) is 5. The molecule has 2 amide bonds. The van der Waals surface area contributed by atoms with Crippen LogP contribution in [-0.4, -0.2) is 59.3 Å². The molecule has 0 unspecified atom stereocenters. The lowest BCUT2D eigenvalue weighted by atomic mass is 10.1. The van der Waals surface area contributed by atoms with Gasteiger partial charge >= 0.3 is 0 Å². The van der Waals surface area contributed by atoms with Crippen LogP contribution in [0.2, 0.25) is 10.0 Å². The number of piperazine rings is 1. The van der Waals surface area contributed by atoms with E-state index in [9.17, 15) is 19.7 Å². The second-order valence-corrected chi connectivity index (χ2v) is 7.70. The molecule has 158 valence electrons. The van der Waals surface area contributed by atoms with Crippen LogP contribution in [0.3, 0.4) is 0 Å². The molecule has 1 N–H and O–H groups in total. The zero-order valence-corrected chi connectivity index (χ0v) is 17.5. The van der Waals surface area contributed by atoms with Crippen LogP contribution in [0, 0.1) is 10.1 Å². The van der Waals surface area contributed by atoms with Gasteiger partial charge in [-0.15, -0.1) is 0 Å². The monoisotopic (exact) mass is 450 g/mol. The lowest BCUT2D eigenvalue weighted by Crippen LogP contribution is -2.49. The van der Waals surface area contributed by atoms with Crippen LogP contribution in [0.1, 0.15) is 16.8 Å². The Kier molecular flexibility index (Phi) is 7.25. The highest BCUT2D eigenvalue weighted by atomic mass is 35.5. The minimum Gasteiger partial charge on any atom is -0.336 e. The van der Waals surface area contributed by atoms with Crippen LogP contribution in [0.25, 0.3) is 0 Å². The van der Waals surface area contributed by atoms with Gasteiger partial charge in [0.2, 0.25) is 5.91 Å². The van der Waals surface area contributed by atoms with Gasteiger partial charge in [-0.2, -0.15) is 0 Å². The van der Waals surface area contributed by atoms with Gasteiger partial charge in [0.15, 0.2) is 0 Å². The molecule has 0 saturated carbocycles. The molecule has 1 heterocycles. The number of carbonyl (C=O) groups is 2. The van der Waals surface area contributed by atoms with E-state index in [-0.39, 0.29) is 23.9 Å². The van der Waals surface area contributed by atoms with E-state index < -0.39 is 4.92 Å². The van der Waals surface area contributed by atoms with E-state index in [2.05, 4.69) is 10.2 Å². The van der Waals surface area contributed by atoms with Crippen LogP contribution in [0.4, 0.5) is 11.4 Å². The molecule has 0 atom stereocenters. The first-order valence-corrected chi connectivity index (χ1v) is 10.1. The number of halogens is 2. The predicted octanol–water partition coefficient (Wildman–Crippen LogP) is 3.69. The van der Waals surface area contributed by atoms with Gasteiger partial charge in [-0.3, -0.25) is 24.6 Å². The topological polar surface area (TPSA) is 95.8 Å². The lowest BCUT2D eigenvalue weighted by molar-refractivity contribution is -0.384. The van der Waals surface area contributed by atoms with Gasteiger partial charge in [0.05, 0.1) is 15.5 Å². The number of hydrogen-bond donors (Lipinski definition) is 1. The molecule has 0 aliphatic carbocycles. The second-order valence-electron chi connectivity index (χ2n) is 6.86. The average Bonchev–Trinajstić information content (AvgIpc) is 2.72. The first-order chi connectivity index (χ1) is 14.3. The van der Waals surface area contributed by atoms with Crippen molar-refractivity contribution >= 4 is 46.4 Å². The highest BCUT2D eigenvalue weighted by Gasteiger charge is 2.24. The van der Waals surface area contributed by atoms with Gasteiger partial charge in [-0.25, -0.2) is 0 Å². The van der Waals surface area contributed by atoms with Crippen molar-refractivity contribution in [2.24, 2.45) is 0 Å². The SMILES string of the molecule is O=C(CCN1CCN(C(=O)c2ccc(Cl)cc2Cl)CC1)Nc1ccc([N+](=O)[O-])cc1. The maximum atomic E-state index is 12.6. The van der Waals surface area contributed by atoms with E-state index in [4.69, 9.17) is 23.2 Å². The average molecular weight is 451 g/mol. The second kappa shape index (κ2) is 9.88. The van der Waals surface area contributed by atoms with Crippen LogP contribution in [0.15, 0.2) is 42.5 Å². The summed E-state index contributed by atoms with van der Waals surface area (Å²) in [6.07, 6.45) is 0.286. The molecule has 8 nitrogen and oxygen atoms in total. The fourth-order valence-corrected chi connectivity index (χ4v) is 3.65. The molecule has 1 aliphatic rings. The first-order valence-electron chi connectivity index (χ1n) is 9.34. The Morgan fingerprint density at radius 1 is 1.03 bits per heavy atom. The van der Waals surface area contributed by atoms with Gasteiger partial charge in [-0.1, -0.05) is 23.2 Å².